The summed E-state index contributed by atoms with van der Waals surface area (Å²) in [6, 6.07) is 7.36. The van der Waals surface area contributed by atoms with E-state index in [1.165, 1.54) is 37.9 Å². The van der Waals surface area contributed by atoms with Gasteiger partial charge >= 0.3 is 0 Å². The molecule has 0 aromatic heterocycles. The molecule has 0 spiro atoms. The van der Waals surface area contributed by atoms with Gasteiger partial charge < -0.3 is 0 Å². The van der Waals surface area contributed by atoms with Gasteiger partial charge in [0.1, 0.15) is 0 Å². The highest BCUT2D eigenvalue weighted by molar-refractivity contribution is 8.00. The van der Waals surface area contributed by atoms with Gasteiger partial charge in [0.2, 0.25) is 10.0 Å². The zero-order chi connectivity index (χ0) is 20.1. The van der Waals surface area contributed by atoms with Gasteiger partial charge in [-0.05, 0) is 74.8 Å². The maximum atomic E-state index is 12.4. The number of sulfonamides is 1. The fourth-order valence-corrected chi connectivity index (χ4v) is 6.06. The van der Waals surface area contributed by atoms with Crippen molar-refractivity contribution < 1.29 is 8.42 Å². The van der Waals surface area contributed by atoms with Crippen LogP contribution in [0.25, 0.3) is 0 Å². The second-order valence-corrected chi connectivity index (χ2v) is 12.8. The summed E-state index contributed by atoms with van der Waals surface area (Å²) in [6.07, 6.45) is 7.48. The van der Waals surface area contributed by atoms with Gasteiger partial charge in [-0.1, -0.05) is 45.7 Å². The number of thioether (sulfide) groups is 1. The predicted octanol–water partition coefficient (Wildman–Crippen LogP) is 5.64. The fourth-order valence-electron chi connectivity index (χ4n) is 3.67. The zero-order valence-corrected chi connectivity index (χ0v) is 19.3. The number of benzene rings is 1. The van der Waals surface area contributed by atoms with Gasteiger partial charge in [0.05, 0.1) is 4.90 Å². The van der Waals surface area contributed by atoms with E-state index in [4.69, 9.17) is 0 Å². The van der Waals surface area contributed by atoms with Gasteiger partial charge in [-0.2, -0.15) is 11.8 Å². The maximum Gasteiger partial charge on any atom is 0.240 e. The smallest absolute Gasteiger partial charge is 0.209 e. The molecule has 0 atom stereocenters. The average molecular weight is 412 g/mol. The lowest BCUT2D eigenvalue weighted by Crippen LogP contribution is -2.30. The van der Waals surface area contributed by atoms with E-state index in [2.05, 4.69) is 43.3 Å². The Hall–Kier alpha value is -0.520. The molecule has 1 aliphatic carbocycles. The van der Waals surface area contributed by atoms with Gasteiger partial charge in [-0.15, -0.1) is 0 Å². The van der Waals surface area contributed by atoms with Gasteiger partial charge in [0.15, 0.2) is 0 Å². The molecule has 0 amide bonds. The fraction of sp³-hybridized carbons (Fsp3) is 0.727. The molecular formula is C22H37NO2S2. The molecule has 0 heterocycles. The lowest BCUT2D eigenvalue weighted by molar-refractivity contribution is 0.280. The number of rotatable bonds is 8. The Morgan fingerprint density at radius 3 is 2.33 bits per heavy atom. The predicted molar refractivity (Wildman–Crippen MR) is 118 cm³/mol. The van der Waals surface area contributed by atoms with Crippen molar-refractivity contribution in [3.63, 3.8) is 0 Å². The third-order valence-electron chi connectivity index (χ3n) is 5.16. The highest BCUT2D eigenvalue weighted by Gasteiger charge is 2.23. The van der Waals surface area contributed by atoms with Gasteiger partial charge in [-0.3, -0.25) is 0 Å². The molecular weight excluding hydrogens is 374 g/mol. The van der Waals surface area contributed by atoms with Crippen LogP contribution in [0.4, 0.5) is 0 Å². The number of hydrogen-bond acceptors (Lipinski definition) is 3. The van der Waals surface area contributed by atoms with Crippen molar-refractivity contribution in [2.45, 2.75) is 88.8 Å². The molecule has 1 aromatic carbocycles. The number of hydrogen-bond donors (Lipinski definition) is 1. The van der Waals surface area contributed by atoms with Gasteiger partial charge in [-0.25, -0.2) is 13.1 Å². The van der Waals surface area contributed by atoms with Crippen molar-refractivity contribution >= 4 is 21.8 Å². The Morgan fingerprint density at radius 1 is 1.11 bits per heavy atom. The largest absolute Gasteiger partial charge is 0.240 e. The Labute approximate surface area is 171 Å². The first-order valence-corrected chi connectivity index (χ1v) is 12.8. The van der Waals surface area contributed by atoms with Crippen LogP contribution < -0.4 is 4.72 Å². The number of nitrogens with one attached hydrogen (secondary N) is 1. The van der Waals surface area contributed by atoms with Crippen LogP contribution in [-0.4, -0.2) is 25.0 Å². The molecule has 0 bridgehead atoms. The molecule has 0 saturated heterocycles. The second-order valence-electron chi connectivity index (χ2n) is 9.27. The highest BCUT2D eigenvalue weighted by atomic mass is 32.2. The van der Waals surface area contributed by atoms with Crippen LogP contribution in [0.2, 0.25) is 0 Å². The molecule has 1 N–H and O–H groups in total. The topological polar surface area (TPSA) is 46.2 Å². The Bertz CT molecular complexity index is 685. The molecule has 0 aliphatic heterocycles. The zero-order valence-electron chi connectivity index (χ0n) is 17.6. The number of aryl methyl sites for hydroxylation is 1. The molecule has 27 heavy (non-hydrogen) atoms. The molecule has 3 nitrogen and oxygen atoms in total. The molecule has 0 radical (unpaired) electrons. The second kappa shape index (κ2) is 9.80. The SMILES string of the molecule is CC(C)NS(=O)(=O)c1cccc(CCC2CCC(CSC(C)(C)C)CC2)c1. The molecule has 1 fully saturated rings. The van der Waals surface area contributed by atoms with Crippen LogP contribution in [0.3, 0.4) is 0 Å². The van der Waals surface area contributed by atoms with Crippen molar-refractivity contribution in [2.75, 3.05) is 5.75 Å². The lowest BCUT2D eigenvalue weighted by atomic mass is 9.80. The van der Waals surface area contributed by atoms with E-state index >= 15 is 0 Å². The Kier molecular flexibility index (Phi) is 8.26. The molecule has 1 aliphatic rings. The molecule has 5 heteroatoms. The minimum atomic E-state index is -3.40. The first kappa shape index (κ1) is 22.8. The van der Waals surface area contributed by atoms with Crippen LogP contribution >= 0.6 is 11.8 Å². The molecule has 154 valence electrons. The molecule has 1 aromatic rings. The van der Waals surface area contributed by atoms with Crippen molar-refractivity contribution in [3.8, 4) is 0 Å². The van der Waals surface area contributed by atoms with E-state index < -0.39 is 10.0 Å². The quantitative estimate of drug-likeness (QED) is 0.602. The summed E-state index contributed by atoms with van der Waals surface area (Å²) in [4.78, 5) is 0.386. The normalized spacial score (nSPS) is 21.6. The van der Waals surface area contributed by atoms with E-state index in [-0.39, 0.29) is 6.04 Å². The minimum Gasteiger partial charge on any atom is -0.209 e. The Morgan fingerprint density at radius 2 is 1.74 bits per heavy atom. The summed E-state index contributed by atoms with van der Waals surface area (Å²) >= 11 is 2.10. The highest BCUT2D eigenvalue weighted by Crippen LogP contribution is 2.36. The third-order valence-corrected chi connectivity index (χ3v) is 8.32. The molecule has 2 rings (SSSR count). The summed E-state index contributed by atoms with van der Waals surface area (Å²) in [5.74, 6) is 2.95. The first-order valence-electron chi connectivity index (χ1n) is 10.3. The summed E-state index contributed by atoms with van der Waals surface area (Å²) in [6.45, 7) is 10.6. The standard InChI is InChI=1S/C22H37NO2S2/c1-17(2)23-27(24,25)21-8-6-7-19(15-21)12-9-18-10-13-20(14-11-18)16-26-22(3,4)5/h6-8,15,17-18,20,23H,9-14,16H2,1-5H3. The minimum absolute atomic E-state index is 0.0923. The van der Waals surface area contributed by atoms with Gasteiger partial charge in [0.25, 0.3) is 0 Å². The van der Waals surface area contributed by atoms with Crippen LogP contribution in [0.1, 0.15) is 72.3 Å². The first-order chi connectivity index (χ1) is 12.5. The Balaban J connectivity index is 1.82. The third kappa shape index (κ3) is 8.16. The lowest BCUT2D eigenvalue weighted by Gasteiger charge is -2.30. The molecule has 1 saturated carbocycles. The molecule has 0 unspecified atom stereocenters. The van der Waals surface area contributed by atoms with E-state index in [0.29, 0.717) is 9.64 Å². The van der Waals surface area contributed by atoms with Crippen molar-refractivity contribution in [1.29, 1.82) is 0 Å². The van der Waals surface area contributed by atoms with Crippen LogP contribution in [0.15, 0.2) is 29.2 Å². The van der Waals surface area contributed by atoms with E-state index in [1.807, 2.05) is 26.0 Å². The summed E-state index contributed by atoms with van der Waals surface area (Å²) in [7, 11) is -3.40. The average Bonchev–Trinajstić information content (AvgIpc) is 2.57. The van der Waals surface area contributed by atoms with E-state index in [1.54, 1.807) is 6.07 Å². The monoisotopic (exact) mass is 411 g/mol. The van der Waals surface area contributed by atoms with Crippen molar-refractivity contribution in [3.05, 3.63) is 29.8 Å². The maximum absolute atomic E-state index is 12.4. The van der Waals surface area contributed by atoms with Gasteiger partial charge in [0, 0.05) is 10.8 Å². The van der Waals surface area contributed by atoms with Crippen LogP contribution in [-0.2, 0) is 16.4 Å². The van der Waals surface area contributed by atoms with E-state index in [9.17, 15) is 8.42 Å². The summed E-state index contributed by atoms with van der Waals surface area (Å²) < 4.78 is 27.7. The van der Waals surface area contributed by atoms with Crippen molar-refractivity contribution in [1.82, 2.24) is 4.72 Å². The van der Waals surface area contributed by atoms with Crippen LogP contribution in [0.5, 0.6) is 0 Å². The summed E-state index contributed by atoms with van der Waals surface area (Å²) in [5, 5.41) is 0. The van der Waals surface area contributed by atoms with Crippen molar-refractivity contribution in [2.24, 2.45) is 11.8 Å². The summed E-state index contributed by atoms with van der Waals surface area (Å²) in [5.41, 5.74) is 1.13. The van der Waals surface area contributed by atoms with Crippen LogP contribution in [0, 0.1) is 11.8 Å². The van der Waals surface area contributed by atoms with E-state index in [0.717, 1.165) is 23.8 Å².